The molecule has 0 fully saturated rings. The van der Waals surface area contributed by atoms with E-state index in [1.54, 1.807) is 25.6 Å². The van der Waals surface area contributed by atoms with Crippen molar-refractivity contribution in [2.45, 2.75) is 25.2 Å². The van der Waals surface area contributed by atoms with Crippen molar-refractivity contribution in [2.75, 3.05) is 33.9 Å². The maximum atomic E-state index is 10.7. The standard InChI is InChI=1S/C25H28ClNO4S.C2H2O4/c1-29-22-12-18-9-10-27(14-20(28)16-31-15-17-5-7-19(26)8-6-17)25(24-4-3-11-32-24)21(18)13-23(22)30-2;3-1(4)2(5)6/h3-8,11-13,20,25,28H,9-10,14-16H2,1-2H3;(H,3,4)(H,5,6). The van der Waals surface area contributed by atoms with Gasteiger partial charge < -0.3 is 29.5 Å². The van der Waals surface area contributed by atoms with Crippen LogP contribution in [-0.2, 0) is 27.4 Å². The van der Waals surface area contributed by atoms with Crippen molar-refractivity contribution in [1.82, 2.24) is 4.90 Å². The predicted octanol–water partition coefficient (Wildman–Crippen LogP) is 4.10. The second kappa shape index (κ2) is 14.1. The summed E-state index contributed by atoms with van der Waals surface area (Å²) in [6, 6.07) is 16.0. The Labute approximate surface area is 229 Å². The third kappa shape index (κ3) is 7.92. The molecule has 0 radical (unpaired) electrons. The van der Waals surface area contributed by atoms with E-state index in [0.29, 0.717) is 18.2 Å². The molecule has 3 N–H and O–H groups in total. The molecule has 1 aliphatic heterocycles. The molecule has 0 saturated carbocycles. The highest BCUT2D eigenvalue weighted by Gasteiger charge is 2.32. The van der Waals surface area contributed by atoms with Crippen LogP contribution >= 0.6 is 22.9 Å². The van der Waals surface area contributed by atoms with E-state index >= 15 is 0 Å². The summed E-state index contributed by atoms with van der Waals surface area (Å²) >= 11 is 7.66. The molecule has 2 unspecified atom stereocenters. The molecule has 2 heterocycles. The van der Waals surface area contributed by atoms with E-state index in [4.69, 9.17) is 45.6 Å². The molecule has 1 aromatic heterocycles. The number of ether oxygens (including phenoxy) is 3. The first-order chi connectivity index (χ1) is 18.2. The number of halogens is 1. The number of methoxy groups -OCH3 is 2. The van der Waals surface area contributed by atoms with Crippen molar-refractivity contribution in [1.29, 1.82) is 0 Å². The van der Waals surface area contributed by atoms with Crippen LogP contribution in [0.2, 0.25) is 5.02 Å². The van der Waals surface area contributed by atoms with Crippen molar-refractivity contribution >= 4 is 34.9 Å². The predicted molar refractivity (Wildman–Crippen MR) is 143 cm³/mol. The third-order valence-electron chi connectivity index (χ3n) is 5.91. The van der Waals surface area contributed by atoms with Crippen LogP contribution in [0.4, 0.5) is 0 Å². The minimum atomic E-state index is -1.82. The highest BCUT2D eigenvalue weighted by Crippen LogP contribution is 2.42. The highest BCUT2D eigenvalue weighted by molar-refractivity contribution is 7.10. The van der Waals surface area contributed by atoms with Gasteiger partial charge in [0.05, 0.1) is 39.6 Å². The van der Waals surface area contributed by atoms with Gasteiger partial charge in [-0.25, -0.2) is 9.59 Å². The molecule has 11 heteroatoms. The van der Waals surface area contributed by atoms with Gasteiger partial charge in [-0.3, -0.25) is 4.90 Å². The number of fused-ring (bicyclic) bond motifs is 1. The smallest absolute Gasteiger partial charge is 0.414 e. The van der Waals surface area contributed by atoms with Crippen LogP contribution in [0.5, 0.6) is 11.5 Å². The number of β-amino-alcohol motifs (C(OH)–C–C–N with tert-alkyl or cyclic N) is 1. The van der Waals surface area contributed by atoms with Crippen LogP contribution in [0.25, 0.3) is 0 Å². The Bertz CT molecular complexity index is 1190. The van der Waals surface area contributed by atoms with Crippen molar-refractivity contribution < 1.29 is 39.1 Å². The molecule has 0 saturated heterocycles. The average Bonchev–Trinajstić information content (AvgIpc) is 3.43. The number of thiophene rings is 1. The monoisotopic (exact) mass is 563 g/mol. The fourth-order valence-corrected chi connectivity index (χ4v) is 5.19. The Morgan fingerprint density at radius 3 is 2.32 bits per heavy atom. The first kappa shape index (κ1) is 29.4. The maximum absolute atomic E-state index is 10.7. The van der Waals surface area contributed by atoms with E-state index in [9.17, 15) is 5.11 Å². The zero-order valence-electron chi connectivity index (χ0n) is 21.0. The van der Waals surface area contributed by atoms with Crippen LogP contribution < -0.4 is 9.47 Å². The Morgan fingerprint density at radius 1 is 1.08 bits per heavy atom. The summed E-state index contributed by atoms with van der Waals surface area (Å²) in [4.78, 5) is 21.8. The first-order valence-electron chi connectivity index (χ1n) is 11.7. The molecule has 38 heavy (non-hydrogen) atoms. The van der Waals surface area contributed by atoms with Gasteiger partial charge in [0.2, 0.25) is 0 Å². The average molecular weight is 564 g/mol. The lowest BCUT2D eigenvalue weighted by atomic mass is 9.90. The molecule has 2 atom stereocenters. The van der Waals surface area contributed by atoms with Crippen molar-refractivity contribution in [3.05, 3.63) is 80.5 Å². The Morgan fingerprint density at radius 2 is 1.74 bits per heavy atom. The summed E-state index contributed by atoms with van der Waals surface area (Å²) in [5, 5.41) is 28.3. The lowest BCUT2D eigenvalue weighted by Crippen LogP contribution is -2.41. The van der Waals surface area contributed by atoms with E-state index in [1.165, 1.54) is 16.0 Å². The zero-order valence-corrected chi connectivity index (χ0v) is 22.6. The number of benzene rings is 2. The Hall–Kier alpha value is -3.15. The Kier molecular flexibility index (Phi) is 10.9. The maximum Gasteiger partial charge on any atom is 0.414 e. The molecule has 0 amide bonds. The first-order valence-corrected chi connectivity index (χ1v) is 13.0. The molecule has 4 rings (SSSR count). The Balaban J connectivity index is 0.000000599. The lowest BCUT2D eigenvalue weighted by Gasteiger charge is -2.38. The van der Waals surface area contributed by atoms with Gasteiger partial charge >= 0.3 is 11.9 Å². The summed E-state index contributed by atoms with van der Waals surface area (Å²) in [6.07, 6.45) is 0.294. The van der Waals surface area contributed by atoms with Crippen LogP contribution in [0, 0.1) is 0 Å². The molecule has 3 aromatic rings. The fourth-order valence-electron chi connectivity index (χ4n) is 4.19. The molecular formula is C27H30ClNO8S. The molecule has 9 nitrogen and oxygen atoms in total. The minimum Gasteiger partial charge on any atom is -0.493 e. The SMILES string of the molecule is COc1cc2c(cc1OC)C(c1cccs1)N(CC(O)COCc1ccc(Cl)cc1)CC2.O=C(O)C(=O)O. The molecule has 204 valence electrons. The van der Waals surface area contributed by atoms with Crippen molar-refractivity contribution in [2.24, 2.45) is 0 Å². The van der Waals surface area contributed by atoms with Gasteiger partial charge in [-0.05, 0) is 58.8 Å². The quantitative estimate of drug-likeness (QED) is 0.330. The molecular weight excluding hydrogens is 534 g/mol. The second-order valence-corrected chi connectivity index (χ2v) is 9.89. The van der Waals surface area contributed by atoms with Crippen LogP contribution in [0.1, 0.15) is 27.6 Å². The number of hydrogen-bond donors (Lipinski definition) is 3. The van der Waals surface area contributed by atoms with Crippen LogP contribution in [-0.4, -0.2) is 72.2 Å². The molecule has 2 aromatic carbocycles. The number of carbonyl (C=O) groups is 2. The van der Waals surface area contributed by atoms with Crippen LogP contribution in [0.3, 0.4) is 0 Å². The number of aliphatic carboxylic acids is 2. The fraction of sp³-hybridized carbons (Fsp3) is 0.333. The number of rotatable bonds is 9. The lowest BCUT2D eigenvalue weighted by molar-refractivity contribution is -0.159. The summed E-state index contributed by atoms with van der Waals surface area (Å²) < 4.78 is 16.8. The second-order valence-electron chi connectivity index (χ2n) is 8.47. The zero-order chi connectivity index (χ0) is 27.7. The largest absolute Gasteiger partial charge is 0.493 e. The number of aliphatic hydroxyl groups is 1. The third-order valence-corrected chi connectivity index (χ3v) is 7.08. The van der Waals surface area contributed by atoms with E-state index in [-0.39, 0.29) is 12.6 Å². The topological polar surface area (TPSA) is 126 Å². The molecule has 0 bridgehead atoms. The summed E-state index contributed by atoms with van der Waals surface area (Å²) in [5.74, 6) is -2.17. The van der Waals surface area contributed by atoms with E-state index in [1.807, 2.05) is 24.3 Å². The number of carboxylic acids is 2. The van der Waals surface area contributed by atoms with Crippen molar-refractivity contribution in [3.63, 3.8) is 0 Å². The number of carboxylic acid groups (broad SMARTS) is 2. The summed E-state index contributed by atoms with van der Waals surface area (Å²) in [7, 11) is 3.32. The van der Waals surface area contributed by atoms with E-state index < -0.39 is 18.0 Å². The molecule has 0 aliphatic carbocycles. The van der Waals surface area contributed by atoms with Gasteiger partial charge in [0.15, 0.2) is 11.5 Å². The van der Waals surface area contributed by atoms with E-state index in [0.717, 1.165) is 30.0 Å². The van der Waals surface area contributed by atoms with Gasteiger partial charge in [0, 0.05) is 23.0 Å². The van der Waals surface area contributed by atoms with Crippen molar-refractivity contribution in [3.8, 4) is 11.5 Å². The summed E-state index contributed by atoms with van der Waals surface area (Å²) in [5.41, 5.74) is 3.49. The van der Waals surface area contributed by atoms with E-state index in [2.05, 4.69) is 34.5 Å². The number of nitrogens with zero attached hydrogens (tertiary/aromatic N) is 1. The van der Waals surface area contributed by atoms with Gasteiger partial charge in [0.25, 0.3) is 0 Å². The van der Waals surface area contributed by atoms with Gasteiger partial charge in [0.1, 0.15) is 0 Å². The normalized spacial score (nSPS) is 15.5. The number of aliphatic hydroxyl groups excluding tert-OH is 1. The number of hydrogen-bond acceptors (Lipinski definition) is 8. The van der Waals surface area contributed by atoms with Gasteiger partial charge in [-0.1, -0.05) is 29.8 Å². The van der Waals surface area contributed by atoms with Gasteiger partial charge in [-0.15, -0.1) is 11.3 Å². The molecule has 1 aliphatic rings. The van der Waals surface area contributed by atoms with Crippen LogP contribution in [0.15, 0.2) is 53.9 Å². The molecule has 0 spiro atoms. The summed E-state index contributed by atoms with van der Waals surface area (Å²) in [6.45, 7) is 2.09. The van der Waals surface area contributed by atoms with Gasteiger partial charge in [-0.2, -0.15) is 0 Å². The highest BCUT2D eigenvalue weighted by atomic mass is 35.5. The minimum absolute atomic E-state index is 0.0597.